The van der Waals surface area contributed by atoms with Crippen LogP contribution in [0.15, 0.2) is 27.2 Å². The molecule has 0 radical (unpaired) electrons. The highest BCUT2D eigenvalue weighted by Crippen LogP contribution is 2.35. The molecular weight excluding hydrogens is 368 g/mol. The van der Waals surface area contributed by atoms with Crippen molar-refractivity contribution in [3.63, 3.8) is 0 Å². The lowest BCUT2D eigenvalue weighted by Gasteiger charge is -2.10. The molecule has 0 bridgehead atoms. The second-order valence-corrected chi connectivity index (χ2v) is 4.95. The molecule has 0 spiro atoms. The Balaban J connectivity index is 2.87. The number of halogens is 2. The summed E-state index contributed by atoms with van der Waals surface area (Å²) in [6.45, 7) is 2.62. The summed E-state index contributed by atoms with van der Waals surface area (Å²) in [5.74, 6) is -0.366. The lowest BCUT2D eigenvalue weighted by Crippen LogP contribution is -2.03. The number of rotatable bonds is 6. The number of carbonyl (C=O) groups is 1. The summed E-state index contributed by atoms with van der Waals surface area (Å²) < 4.78 is 12.0. The fourth-order valence-electron chi connectivity index (χ4n) is 1.17. The summed E-state index contributed by atoms with van der Waals surface area (Å²) in [5, 5.41) is 8.56. The summed E-state index contributed by atoms with van der Waals surface area (Å²) >= 11 is 6.73. The van der Waals surface area contributed by atoms with Crippen molar-refractivity contribution in [2.24, 2.45) is 0 Å². The van der Waals surface area contributed by atoms with Crippen molar-refractivity contribution in [2.45, 2.75) is 6.92 Å². The van der Waals surface area contributed by atoms with Crippen molar-refractivity contribution in [1.82, 2.24) is 0 Å². The Hall–Kier alpha value is -0.850. The van der Waals surface area contributed by atoms with Crippen molar-refractivity contribution in [3.8, 4) is 5.75 Å². The Bertz CT molecular complexity index is 434. The second-order valence-electron chi connectivity index (χ2n) is 3.24. The van der Waals surface area contributed by atoms with Crippen LogP contribution in [-0.2, 0) is 9.53 Å². The van der Waals surface area contributed by atoms with Crippen LogP contribution in [-0.4, -0.2) is 24.5 Å². The van der Waals surface area contributed by atoms with E-state index in [-0.39, 0.29) is 6.79 Å². The zero-order chi connectivity index (χ0) is 13.5. The molecule has 4 nitrogen and oxygen atoms in total. The molecule has 98 valence electrons. The van der Waals surface area contributed by atoms with Gasteiger partial charge in [-0.1, -0.05) is 0 Å². The fraction of sp³-hybridized carbons (Fsp3) is 0.250. The molecule has 1 rings (SSSR count). The van der Waals surface area contributed by atoms with Crippen molar-refractivity contribution >= 4 is 43.9 Å². The summed E-state index contributed by atoms with van der Waals surface area (Å²) in [7, 11) is 0. The largest absolute Gasteiger partial charge is 0.478 e. The molecule has 0 fully saturated rings. The number of hydrogen-bond acceptors (Lipinski definition) is 3. The van der Waals surface area contributed by atoms with Gasteiger partial charge in [-0.05, 0) is 62.6 Å². The molecule has 1 N–H and O–H groups in total. The molecular formula is C12H12Br2O4. The topological polar surface area (TPSA) is 55.8 Å². The Morgan fingerprint density at radius 2 is 2.00 bits per heavy atom. The van der Waals surface area contributed by atoms with Crippen LogP contribution in [0.5, 0.6) is 5.75 Å². The number of benzene rings is 1. The van der Waals surface area contributed by atoms with Gasteiger partial charge in [0, 0.05) is 12.7 Å². The van der Waals surface area contributed by atoms with Crippen LogP contribution in [0.1, 0.15) is 12.5 Å². The lowest BCUT2D eigenvalue weighted by molar-refractivity contribution is -0.131. The van der Waals surface area contributed by atoms with Gasteiger partial charge in [0.05, 0.1) is 8.95 Å². The van der Waals surface area contributed by atoms with Crippen molar-refractivity contribution < 1.29 is 19.4 Å². The number of carboxylic acid groups (broad SMARTS) is 1. The van der Waals surface area contributed by atoms with Crippen molar-refractivity contribution in [2.75, 3.05) is 13.4 Å². The Morgan fingerprint density at radius 1 is 1.39 bits per heavy atom. The monoisotopic (exact) mass is 378 g/mol. The quantitative estimate of drug-likeness (QED) is 0.465. The Labute approximate surface area is 122 Å². The van der Waals surface area contributed by atoms with Crippen LogP contribution in [0.25, 0.3) is 6.08 Å². The van der Waals surface area contributed by atoms with E-state index in [1.807, 2.05) is 6.92 Å². The highest BCUT2D eigenvalue weighted by molar-refractivity contribution is 9.11. The smallest absolute Gasteiger partial charge is 0.328 e. The van der Waals surface area contributed by atoms with E-state index in [1.54, 1.807) is 12.1 Å². The molecule has 0 unspecified atom stereocenters. The molecule has 0 aliphatic heterocycles. The molecule has 0 aliphatic carbocycles. The molecule has 0 aromatic heterocycles. The van der Waals surface area contributed by atoms with E-state index in [2.05, 4.69) is 31.9 Å². The van der Waals surface area contributed by atoms with Crippen LogP contribution in [0.2, 0.25) is 0 Å². The minimum absolute atomic E-state index is 0.165. The third kappa shape index (κ3) is 4.80. The highest BCUT2D eigenvalue weighted by atomic mass is 79.9. The van der Waals surface area contributed by atoms with Gasteiger partial charge in [0.2, 0.25) is 0 Å². The number of ether oxygens (including phenoxy) is 2. The summed E-state index contributed by atoms with van der Waals surface area (Å²) in [4.78, 5) is 10.4. The first-order chi connectivity index (χ1) is 8.54. The van der Waals surface area contributed by atoms with Crippen LogP contribution in [0, 0.1) is 0 Å². The summed E-state index contributed by atoms with van der Waals surface area (Å²) in [6.07, 6.45) is 2.58. The van der Waals surface area contributed by atoms with E-state index < -0.39 is 5.97 Å². The van der Waals surface area contributed by atoms with Gasteiger partial charge in [-0.2, -0.15) is 0 Å². The van der Waals surface area contributed by atoms with E-state index in [0.29, 0.717) is 12.4 Å². The van der Waals surface area contributed by atoms with E-state index >= 15 is 0 Å². The van der Waals surface area contributed by atoms with Crippen LogP contribution in [0.4, 0.5) is 0 Å². The van der Waals surface area contributed by atoms with E-state index in [9.17, 15) is 4.79 Å². The predicted octanol–water partition coefficient (Wildman–Crippen LogP) is 3.68. The number of aliphatic carboxylic acids is 1. The minimum Gasteiger partial charge on any atom is -0.478 e. The van der Waals surface area contributed by atoms with Gasteiger partial charge in [-0.25, -0.2) is 4.79 Å². The van der Waals surface area contributed by atoms with Gasteiger partial charge in [-0.3, -0.25) is 0 Å². The third-order valence-corrected chi connectivity index (χ3v) is 3.11. The van der Waals surface area contributed by atoms with Crippen molar-refractivity contribution in [1.29, 1.82) is 0 Å². The molecule has 6 heteroatoms. The lowest BCUT2D eigenvalue weighted by atomic mass is 10.2. The SMILES string of the molecule is CCOCOc1c(Br)cc(/C=C/C(=O)O)cc1Br. The van der Waals surface area contributed by atoms with Crippen LogP contribution in [0.3, 0.4) is 0 Å². The van der Waals surface area contributed by atoms with Gasteiger partial charge in [0.15, 0.2) is 12.5 Å². The number of hydrogen-bond donors (Lipinski definition) is 1. The average molecular weight is 380 g/mol. The first-order valence-electron chi connectivity index (χ1n) is 5.15. The average Bonchev–Trinajstić information content (AvgIpc) is 2.30. The molecule has 0 amide bonds. The molecule has 0 aliphatic rings. The van der Waals surface area contributed by atoms with E-state index in [0.717, 1.165) is 20.6 Å². The zero-order valence-corrected chi connectivity index (χ0v) is 12.8. The first kappa shape index (κ1) is 15.2. The summed E-state index contributed by atoms with van der Waals surface area (Å²) in [6, 6.07) is 3.54. The molecule has 0 saturated heterocycles. The second kappa shape index (κ2) is 7.56. The van der Waals surface area contributed by atoms with Gasteiger partial charge < -0.3 is 14.6 Å². The van der Waals surface area contributed by atoms with E-state index in [1.165, 1.54) is 6.08 Å². The van der Waals surface area contributed by atoms with Gasteiger partial charge >= 0.3 is 5.97 Å². The maximum absolute atomic E-state index is 10.4. The Morgan fingerprint density at radius 3 is 2.50 bits per heavy atom. The summed E-state index contributed by atoms with van der Waals surface area (Å²) in [5.41, 5.74) is 0.750. The zero-order valence-electron chi connectivity index (χ0n) is 9.65. The normalized spacial score (nSPS) is 10.8. The predicted molar refractivity (Wildman–Crippen MR) is 75.6 cm³/mol. The molecule has 1 aromatic carbocycles. The van der Waals surface area contributed by atoms with Gasteiger partial charge in [0.25, 0.3) is 0 Å². The number of carboxylic acids is 1. The Kier molecular flexibility index (Phi) is 6.38. The fourth-order valence-corrected chi connectivity index (χ4v) is 2.62. The molecule has 1 aromatic rings. The molecule has 0 heterocycles. The first-order valence-corrected chi connectivity index (χ1v) is 6.73. The molecule has 0 atom stereocenters. The molecule has 0 saturated carbocycles. The standard InChI is InChI=1S/C12H12Br2O4/c1-2-17-7-18-12-9(13)5-8(6-10(12)14)3-4-11(15)16/h3-6H,2,7H2,1H3,(H,15,16)/b4-3+. The van der Waals surface area contributed by atoms with Gasteiger partial charge in [0.1, 0.15) is 0 Å². The van der Waals surface area contributed by atoms with E-state index in [4.69, 9.17) is 14.6 Å². The minimum atomic E-state index is -0.987. The maximum Gasteiger partial charge on any atom is 0.328 e. The van der Waals surface area contributed by atoms with Crippen LogP contribution >= 0.6 is 31.9 Å². The van der Waals surface area contributed by atoms with Gasteiger partial charge in [-0.15, -0.1) is 0 Å². The molecule has 18 heavy (non-hydrogen) atoms. The maximum atomic E-state index is 10.4. The highest BCUT2D eigenvalue weighted by Gasteiger charge is 2.08. The van der Waals surface area contributed by atoms with Crippen molar-refractivity contribution in [3.05, 3.63) is 32.7 Å². The third-order valence-electron chi connectivity index (χ3n) is 1.93. The van der Waals surface area contributed by atoms with Crippen LogP contribution < -0.4 is 4.74 Å².